The van der Waals surface area contributed by atoms with Crippen LogP contribution in [0.15, 0.2) is 65.7 Å². The third-order valence-electron chi connectivity index (χ3n) is 3.32. The quantitative estimate of drug-likeness (QED) is 0.805. The van der Waals surface area contributed by atoms with Crippen molar-refractivity contribution < 1.29 is 8.78 Å². The number of nitrogens with one attached hydrogen (secondary N) is 1. The van der Waals surface area contributed by atoms with Crippen LogP contribution in [0.1, 0.15) is 5.56 Å². The van der Waals surface area contributed by atoms with E-state index in [1.807, 2.05) is 0 Å². The van der Waals surface area contributed by atoms with E-state index in [0.29, 0.717) is 12.2 Å². The van der Waals surface area contributed by atoms with Crippen LogP contribution in [0.5, 0.6) is 0 Å². The summed E-state index contributed by atoms with van der Waals surface area (Å²) in [6.45, 7) is 0.343. The Hall–Kier alpha value is -3.02. The second-order valence-electron chi connectivity index (χ2n) is 4.91. The molecule has 116 valence electrons. The minimum Gasteiger partial charge on any atom is -0.361 e. The molecule has 0 radical (unpaired) electrons. The van der Waals surface area contributed by atoms with Crippen molar-refractivity contribution in [3.05, 3.63) is 88.5 Å². The Morgan fingerprint density at radius 1 is 0.957 bits per heavy atom. The van der Waals surface area contributed by atoms with Gasteiger partial charge in [0, 0.05) is 24.6 Å². The molecule has 4 nitrogen and oxygen atoms in total. The lowest BCUT2D eigenvalue weighted by Crippen LogP contribution is -2.23. The Morgan fingerprint density at radius 2 is 1.57 bits per heavy atom. The van der Waals surface area contributed by atoms with Crippen LogP contribution in [-0.2, 0) is 6.54 Å². The first kappa shape index (κ1) is 14.9. The van der Waals surface area contributed by atoms with Gasteiger partial charge in [0.15, 0.2) is 5.82 Å². The maximum atomic E-state index is 13.0. The summed E-state index contributed by atoms with van der Waals surface area (Å²) in [7, 11) is 0. The maximum absolute atomic E-state index is 13.0. The molecule has 0 unspecified atom stereocenters. The molecule has 0 saturated carbocycles. The summed E-state index contributed by atoms with van der Waals surface area (Å²) >= 11 is 0. The van der Waals surface area contributed by atoms with Crippen molar-refractivity contribution in [1.82, 2.24) is 9.55 Å². The van der Waals surface area contributed by atoms with Crippen LogP contribution in [-0.4, -0.2) is 9.55 Å². The van der Waals surface area contributed by atoms with Gasteiger partial charge in [-0.2, -0.15) is 0 Å². The highest BCUT2D eigenvalue weighted by Gasteiger charge is 2.06. The number of hydrogen-bond acceptors (Lipinski definition) is 3. The number of hydrogen-bond donors (Lipinski definition) is 1. The van der Waals surface area contributed by atoms with Crippen LogP contribution in [0.4, 0.5) is 14.6 Å². The molecule has 3 rings (SSSR count). The largest absolute Gasteiger partial charge is 0.361 e. The molecular formula is C17H13F2N3O. The Kier molecular flexibility index (Phi) is 4.14. The van der Waals surface area contributed by atoms with Gasteiger partial charge in [0.1, 0.15) is 11.6 Å². The minimum absolute atomic E-state index is 0.168. The SMILES string of the molecule is O=c1c(NCc2ccc(F)cc2)nccn1-c1ccc(F)cc1. The summed E-state index contributed by atoms with van der Waals surface area (Å²) in [5.41, 5.74) is 1.02. The third-order valence-corrected chi connectivity index (χ3v) is 3.32. The van der Waals surface area contributed by atoms with E-state index in [2.05, 4.69) is 10.3 Å². The van der Waals surface area contributed by atoms with Crippen molar-refractivity contribution in [3.8, 4) is 5.69 Å². The van der Waals surface area contributed by atoms with Crippen LogP contribution < -0.4 is 10.9 Å². The van der Waals surface area contributed by atoms with Crippen LogP contribution in [0.25, 0.3) is 5.69 Å². The van der Waals surface area contributed by atoms with Crippen molar-refractivity contribution in [3.63, 3.8) is 0 Å². The fourth-order valence-electron chi connectivity index (χ4n) is 2.13. The molecule has 3 aromatic rings. The molecule has 2 aromatic carbocycles. The molecule has 1 heterocycles. The van der Waals surface area contributed by atoms with Crippen molar-refractivity contribution >= 4 is 5.82 Å². The highest BCUT2D eigenvalue weighted by Crippen LogP contribution is 2.08. The highest BCUT2D eigenvalue weighted by molar-refractivity contribution is 5.39. The lowest BCUT2D eigenvalue weighted by atomic mass is 10.2. The molecule has 0 fully saturated rings. The molecule has 0 aliphatic carbocycles. The van der Waals surface area contributed by atoms with Crippen molar-refractivity contribution in [1.29, 1.82) is 0 Å². The van der Waals surface area contributed by atoms with Gasteiger partial charge in [-0.1, -0.05) is 12.1 Å². The molecule has 0 aliphatic rings. The zero-order chi connectivity index (χ0) is 16.2. The fraction of sp³-hybridized carbons (Fsp3) is 0.0588. The molecular weight excluding hydrogens is 300 g/mol. The lowest BCUT2D eigenvalue weighted by molar-refractivity contribution is 0.627. The van der Waals surface area contributed by atoms with Gasteiger partial charge in [-0.05, 0) is 42.0 Å². The molecule has 6 heteroatoms. The van der Waals surface area contributed by atoms with Gasteiger partial charge in [-0.25, -0.2) is 13.8 Å². The lowest BCUT2D eigenvalue weighted by Gasteiger charge is -2.09. The molecule has 1 N–H and O–H groups in total. The van der Waals surface area contributed by atoms with E-state index < -0.39 is 0 Å². The molecule has 0 atom stereocenters. The van der Waals surface area contributed by atoms with E-state index in [1.165, 1.54) is 53.4 Å². The Bertz CT molecular complexity index is 858. The first-order valence-electron chi connectivity index (χ1n) is 6.95. The number of rotatable bonds is 4. The number of halogens is 2. The van der Waals surface area contributed by atoms with Gasteiger partial charge < -0.3 is 5.32 Å². The van der Waals surface area contributed by atoms with Crippen molar-refractivity contribution in [2.24, 2.45) is 0 Å². The molecule has 0 aliphatic heterocycles. The molecule has 0 amide bonds. The zero-order valence-electron chi connectivity index (χ0n) is 12.0. The van der Waals surface area contributed by atoms with Gasteiger partial charge in [0.05, 0.1) is 0 Å². The van der Waals surface area contributed by atoms with E-state index in [0.717, 1.165) is 5.56 Å². The first-order chi connectivity index (χ1) is 11.1. The summed E-state index contributed by atoms with van der Waals surface area (Å²) in [4.78, 5) is 16.4. The zero-order valence-corrected chi connectivity index (χ0v) is 12.0. The van der Waals surface area contributed by atoms with Crippen LogP contribution >= 0.6 is 0 Å². The number of benzene rings is 2. The molecule has 0 spiro atoms. The number of anilines is 1. The van der Waals surface area contributed by atoms with Gasteiger partial charge >= 0.3 is 0 Å². The minimum atomic E-state index is -0.370. The predicted molar refractivity (Wildman–Crippen MR) is 83.5 cm³/mol. The summed E-state index contributed by atoms with van der Waals surface area (Å²) < 4.78 is 27.2. The number of aromatic nitrogens is 2. The van der Waals surface area contributed by atoms with Gasteiger partial charge in [-0.3, -0.25) is 9.36 Å². The van der Waals surface area contributed by atoms with Crippen molar-refractivity contribution in [2.45, 2.75) is 6.54 Å². The highest BCUT2D eigenvalue weighted by atomic mass is 19.1. The van der Waals surface area contributed by atoms with Crippen LogP contribution in [0.2, 0.25) is 0 Å². The van der Waals surface area contributed by atoms with Gasteiger partial charge in [0.25, 0.3) is 5.56 Å². The Morgan fingerprint density at radius 3 is 2.22 bits per heavy atom. The van der Waals surface area contributed by atoms with Crippen molar-refractivity contribution in [2.75, 3.05) is 5.32 Å². The molecule has 0 saturated heterocycles. The normalized spacial score (nSPS) is 10.5. The third kappa shape index (κ3) is 3.42. The fourth-order valence-corrected chi connectivity index (χ4v) is 2.13. The average molecular weight is 313 g/mol. The summed E-state index contributed by atoms with van der Waals surface area (Å²) in [6.07, 6.45) is 3.00. The molecule has 1 aromatic heterocycles. The Labute approximate surface area is 131 Å². The smallest absolute Gasteiger partial charge is 0.297 e. The van der Waals surface area contributed by atoms with Gasteiger partial charge in [-0.15, -0.1) is 0 Å². The van der Waals surface area contributed by atoms with E-state index in [-0.39, 0.29) is 23.0 Å². The molecule has 0 bridgehead atoms. The second-order valence-corrected chi connectivity index (χ2v) is 4.91. The summed E-state index contributed by atoms with van der Waals surface area (Å²) in [5.74, 6) is -0.517. The standard InChI is InChI=1S/C17H13F2N3O/c18-13-3-1-12(2-4-13)11-21-16-17(23)22(10-9-20-16)15-7-5-14(19)6-8-15/h1-10H,11H2,(H,20,21). The first-order valence-corrected chi connectivity index (χ1v) is 6.95. The summed E-state index contributed by atoms with van der Waals surface area (Å²) in [6, 6.07) is 11.6. The molecule has 23 heavy (non-hydrogen) atoms. The van der Waals surface area contributed by atoms with Crippen LogP contribution in [0.3, 0.4) is 0 Å². The summed E-state index contributed by atoms with van der Waals surface area (Å²) in [5, 5.41) is 2.93. The van der Waals surface area contributed by atoms with E-state index in [4.69, 9.17) is 0 Å². The number of nitrogens with zero attached hydrogens (tertiary/aromatic N) is 2. The van der Waals surface area contributed by atoms with E-state index in [1.54, 1.807) is 12.1 Å². The topological polar surface area (TPSA) is 46.9 Å². The van der Waals surface area contributed by atoms with Crippen LogP contribution in [0, 0.1) is 11.6 Å². The maximum Gasteiger partial charge on any atom is 0.297 e. The van der Waals surface area contributed by atoms with Gasteiger partial charge in [0.2, 0.25) is 0 Å². The average Bonchev–Trinajstić information content (AvgIpc) is 2.56. The predicted octanol–water partition coefficient (Wildman–Crippen LogP) is 3.12. The van der Waals surface area contributed by atoms with E-state index >= 15 is 0 Å². The van der Waals surface area contributed by atoms with E-state index in [9.17, 15) is 13.6 Å². The second kappa shape index (κ2) is 6.39. The Balaban J connectivity index is 1.83. The monoisotopic (exact) mass is 313 g/mol.